The molecule has 0 fully saturated rings. The summed E-state index contributed by atoms with van der Waals surface area (Å²) in [6.45, 7) is 0. The van der Waals surface area contributed by atoms with Gasteiger partial charge >= 0.3 is 0 Å². The Balaban J connectivity index is 1.11. The Kier molecular flexibility index (Phi) is 8.81. The van der Waals surface area contributed by atoms with Crippen molar-refractivity contribution in [1.29, 1.82) is 5.26 Å². The second-order valence-electron chi connectivity index (χ2n) is 16.1. The van der Waals surface area contributed by atoms with Gasteiger partial charge in [0, 0.05) is 49.5 Å². The van der Waals surface area contributed by atoms with E-state index < -0.39 is 0 Å². The molecule has 0 saturated heterocycles. The highest BCUT2D eigenvalue weighted by Gasteiger charge is 2.20. The quantitative estimate of drug-likeness (QED) is 0.161. The average Bonchev–Trinajstić information content (AvgIpc) is 3.89. The normalized spacial score (nSPS) is 11.4. The highest BCUT2D eigenvalue weighted by Crippen LogP contribution is 2.41. The van der Waals surface area contributed by atoms with Crippen molar-refractivity contribution < 1.29 is 0 Å². The molecule has 0 atom stereocenters. The summed E-state index contributed by atoms with van der Waals surface area (Å²) in [4.78, 5) is 10.5. The van der Waals surface area contributed by atoms with Gasteiger partial charge in [0.2, 0.25) is 0 Å². The lowest BCUT2D eigenvalue weighted by molar-refractivity contribution is 1.16. The zero-order valence-electron chi connectivity index (χ0n) is 34.6. The Labute approximate surface area is 370 Å². The molecule has 0 aliphatic carbocycles. The summed E-state index contributed by atoms with van der Waals surface area (Å²) >= 11 is 0. The van der Waals surface area contributed by atoms with Crippen molar-refractivity contribution in [2.75, 3.05) is 0 Å². The van der Waals surface area contributed by atoms with Crippen LogP contribution in [0, 0.1) is 11.3 Å². The number of para-hydroxylation sites is 3. The van der Waals surface area contributed by atoms with E-state index in [2.05, 4.69) is 209 Å². The molecule has 0 unspecified atom stereocenters. The van der Waals surface area contributed by atoms with Gasteiger partial charge in [0.25, 0.3) is 0 Å². The van der Waals surface area contributed by atoms with Gasteiger partial charge in [-0.2, -0.15) is 5.26 Å². The minimum Gasteiger partial charge on any atom is -0.309 e. The number of nitrogens with zero attached hydrogens (tertiary/aromatic N) is 5. The standard InChI is InChI=1S/C59H37N5/c60-38-39-15-13-20-42(33-39)43-29-31-58-51(35-43)49-25-9-12-28-56(49)64(58)57-32-30-45(59-61-52(40-16-3-1-4-17-40)37-53(62-59)41-18-5-2-6-19-41)36-50(57)44-21-14-22-46(34-44)63-54-26-10-7-23-47(54)48-24-8-11-27-55(48)63/h1-37H. The molecule has 0 saturated carbocycles. The molecule has 0 aliphatic rings. The number of benzene rings is 9. The second kappa shape index (κ2) is 15.3. The van der Waals surface area contributed by atoms with E-state index in [4.69, 9.17) is 9.97 Å². The second-order valence-corrected chi connectivity index (χ2v) is 16.1. The van der Waals surface area contributed by atoms with Gasteiger partial charge < -0.3 is 9.13 Å². The van der Waals surface area contributed by atoms with Crippen molar-refractivity contribution in [3.63, 3.8) is 0 Å². The van der Waals surface area contributed by atoms with Gasteiger partial charge in [0.15, 0.2) is 5.82 Å². The third kappa shape index (κ3) is 6.24. The summed E-state index contributed by atoms with van der Waals surface area (Å²) in [5, 5.41) is 14.4. The zero-order valence-corrected chi connectivity index (χ0v) is 34.6. The number of aromatic nitrogens is 4. The first kappa shape index (κ1) is 37.0. The fraction of sp³-hybridized carbons (Fsp3) is 0. The predicted molar refractivity (Wildman–Crippen MR) is 263 cm³/mol. The predicted octanol–water partition coefficient (Wildman–Crippen LogP) is 14.9. The van der Waals surface area contributed by atoms with E-state index in [1.165, 1.54) is 10.8 Å². The number of hydrogen-bond donors (Lipinski definition) is 0. The fourth-order valence-corrected chi connectivity index (χ4v) is 9.38. The van der Waals surface area contributed by atoms with Gasteiger partial charge in [0.05, 0.1) is 50.8 Å². The van der Waals surface area contributed by atoms with Crippen LogP contribution in [0.4, 0.5) is 0 Å². The van der Waals surface area contributed by atoms with Crippen LogP contribution in [0.5, 0.6) is 0 Å². The van der Waals surface area contributed by atoms with Crippen LogP contribution in [0.3, 0.4) is 0 Å². The molecule has 12 aromatic rings. The van der Waals surface area contributed by atoms with Gasteiger partial charge in [0.1, 0.15) is 0 Å². The van der Waals surface area contributed by atoms with Crippen LogP contribution >= 0.6 is 0 Å². The summed E-state index contributed by atoms with van der Waals surface area (Å²) in [5.74, 6) is 0.651. The average molecular weight is 816 g/mol. The van der Waals surface area contributed by atoms with Gasteiger partial charge in [-0.3, -0.25) is 0 Å². The number of rotatable bonds is 7. The Morgan fingerprint density at radius 2 is 0.859 bits per heavy atom. The van der Waals surface area contributed by atoms with Crippen LogP contribution in [0.15, 0.2) is 224 Å². The van der Waals surface area contributed by atoms with Crippen molar-refractivity contribution >= 4 is 43.6 Å². The Morgan fingerprint density at radius 1 is 0.344 bits per heavy atom. The zero-order chi connectivity index (χ0) is 42.6. The lowest BCUT2D eigenvalue weighted by Crippen LogP contribution is -2.01. The van der Waals surface area contributed by atoms with Crippen LogP contribution in [0.25, 0.3) is 111 Å². The van der Waals surface area contributed by atoms with Gasteiger partial charge in [-0.25, -0.2) is 9.97 Å². The van der Waals surface area contributed by atoms with Crippen molar-refractivity contribution in [1.82, 2.24) is 19.1 Å². The molecule has 3 heterocycles. The molecule has 0 radical (unpaired) electrons. The highest BCUT2D eigenvalue weighted by atomic mass is 15.0. The molecule has 5 heteroatoms. The Hall–Kier alpha value is -8.85. The Bertz CT molecular complexity index is 3690. The molecule has 9 aromatic carbocycles. The van der Waals surface area contributed by atoms with Crippen LogP contribution in [-0.2, 0) is 0 Å². The SMILES string of the molecule is N#Cc1cccc(-c2ccc3c(c2)c2ccccc2n3-c2ccc(-c3nc(-c4ccccc4)cc(-c4ccccc4)n3)cc2-c2cccc(-n3c4ccccc4c4ccccc43)c2)c1. The van der Waals surface area contributed by atoms with Gasteiger partial charge in [-0.05, 0) is 95.6 Å². The lowest BCUT2D eigenvalue weighted by Gasteiger charge is -2.17. The summed E-state index contributed by atoms with van der Waals surface area (Å²) in [6, 6.07) is 81.0. The number of hydrogen-bond acceptors (Lipinski definition) is 3. The summed E-state index contributed by atoms with van der Waals surface area (Å²) in [7, 11) is 0. The minimum atomic E-state index is 0.641. The molecule has 0 N–H and O–H groups in total. The molecule has 298 valence electrons. The maximum atomic E-state index is 9.70. The molecule has 12 rings (SSSR count). The fourth-order valence-electron chi connectivity index (χ4n) is 9.38. The molecule has 0 amide bonds. The molecular weight excluding hydrogens is 779 g/mol. The third-order valence-electron chi connectivity index (χ3n) is 12.4. The molecule has 3 aromatic heterocycles. The monoisotopic (exact) mass is 815 g/mol. The summed E-state index contributed by atoms with van der Waals surface area (Å²) < 4.78 is 4.77. The molecule has 5 nitrogen and oxygen atoms in total. The topological polar surface area (TPSA) is 59.4 Å². The van der Waals surface area contributed by atoms with Gasteiger partial charge in [-0.15, -0.1) is 0 Å². The summed E-state index contributed by atoms with van der Waals surface area (Å²) in [6.07, 6.45) is 0. The van der Waals surface area contributed by atoms with Crippen LogP contribution in [-0.4, -0.2) is 19.1 Å². The highest BCUT2D eigenvalue weighted by molar-refractivity contribution is 6.11. The van der Waals surface area contributed by atoms with E-state index in [1.54, 1.807) is 0 Å². The maximum Gasteiger partial charge on any atom is 0.160 e. The molecular formula is C59H37N5. The molecule has 0 aliphatic heterocycles. The first-order valence-electron chi connectivity index (χ1n) is 21.5. The van der Waals surface area contributed by atoms with Crippen LogP contribution in [0.1, 0.15) is 5.56 Å². The van der Waals surface area contributed by atoms with E-state index in [9.17, 15) is 5.26 Å². The van der Waals surface area contributed by atoms with Crippen molar-refractivity contribution in [2.45, 2.75) is 0 Å². The van der Waals surface area contributed by atoms with Crippen LogP contribution < -0.4 is 0 Å². The number of nitriles is 1. The van der Waals surface area contributed by atoms with E-state index in [0.717, 1.165) is 94.5 Å². The smallest absolute Gasteiger partial charge is 0.160 e. The van der Waals surface area contributed by atoms with Crippen molar-refractivity contribution in [3.05, 3.63) is 230 Å². The largest absolute Gasteiger partial charge is 0.309 e. The minimum absolute atomic E-state index is 0.641. The van der Waals surface area contributed by atoms with E-state index >= 15 is 0 Å². The number of fused-ring (bicyclic) bond motifs is 6. The maximum absolute atomic E-state index is 9.70. The van der Waals surface area contributed by atoms with Gasteiger partial charge in [-0.1, -0.05) is 146 Å². The van der Waals surface area contributed by atoms with E-state index in [-0.39, 0.29) is 0 Å². The lowest BCUT2D eigenvalue weighted by atomic mass is 9.98. The first-order valence-corrected chi connectivity index (χ1v) is 21.5. The van der Waals surface area contributed by atoms with E-state index in [0.29, 0.717) is 11.4 Å². The van der Waals surface area contributed by atoms with Crippen LogP contribution in [0.2, 0.25) is 0 Å². The van der Waals surface area contributed by atoms with Crippen molar-refractivity contribution in [3.8, 4) is 73.6 Å². The Morgan fingerprint density at radius 3 is 1.52 bits per heavy atom. The third-order valence-corrected chi connectivity index (χ3v) is 12.4. The molecule has 64 heavy (non-hydrogen) atoms. The van der Waals surface area contributed by atoms with Crippen molar-refractivity contribution in [2.24, 2.45) is 0 Å². The van der Waals surface area contributed by atoms with E-state index in [1.807, 2.05) is 30.3 Å². The summed E-state index contributed by atoms with van der Waals surface area (Å²) in [5.41, 5.74) is 16.1. The molecule has 0 spiro atoms. The molecule has 0 bridgehead atoms. The first-order chi connectivity index (χ1) is 31.7.